The van der Waals surface area contributed by atoms with E-state index < -0.39 is 0 Å². The van der Waals surface area contributed by atoms with Gasteiger partial charge in [0.05, 0.1) is 18.6 Å². The van der Waals surface area contributed by atoms with Gasteiger partial charge in [0.15, 0.2) is 27.5 Å². The first-order chi connectivity index (χ1) is 12.6. The average molecular weight is 394 g/mol. The molecule has 9 nitrogen and oxygen atoms in total. The Bertz CT molecular complexity index is 980. The van der Waals surface area contributed by atoms with Gasteiger partial charge in [0.1, 0.15) is 4.88 Å². The third kappa shape index (κ3) is 2.89. The number of carbonyl (C=O) groups excluding carboxylic acids is 1. The minimum atomic E-state index is -0.280. The van der Waals surface area contributed by atoms with E-state index in [0.717, 1.165) is 18.2 Å². The summed E-state index contributed by atoms with van der Waals surface area (Å²) >= 11 is 7.79. The molecule has 1 aliphatic rings. The summed E-state index contributed by atoms with van der Waals surface area (Å²) in [6.45, 7) is 2.90. The fourth-order valence-electron chi connectivity index (χ4n) is 2.75. The van der Waals surface area contributed by atoms with E-state index in [1.54, 1.807) is 25.0 Å². The lowest BCUT2D eigenvalue weighted by molar-refractivity contribution is 0.0959. The average Bonchev–Trinajstić information content (AvgIpc) is 3.22. The fraction of sp³-hybridized carbons (Fsp3) is 0.400. The smallest absolute Gasteiger partial charge is 0.272 e. The van der Waals surface area contributed by atoms with Crippen molar-refractivity contribution in [3.63, 3.8) is 0 Å². The van der Waals surface area contributed by atoms with Crippen molar-refractivity contribution in [1.29, 1.82) is 0 Å². The number of ether oxygens (including phenoxy) is 1. The van der Waals surface area contributed by atoms with E-state index in [2.05, 4.69) is 30.3 Å². The number of morpholine rings is 1. The van der Waals surface area contributed by atoms with Crippen molar-refractivity contribution in [3.05, 3.63) is 17.0 Å². The maximum absolute atomic E-state index is 11.9. The van der Waals surface area contributed by atoms with Crippen LogP contribution in [0, 0.1) is 0 Å². The second-order valence-corrected chi connectivity index (χ2v) is 7.03. The lowest BCUT2D eigenvalue weighted by Crippen LogP contribution is -2.36. The van der Waals surface area contributed by atoms with Crippen molar-refractivity contribution >= 4 is 45.0 Å². The minimum absolute atomic E-state index is 0.280. The normalized spacial score (nSPS) is 14.8. The Morgan fingerprint density at radius 2 is 2.12 bits per heavy atom. The van der Waals surface area contributed by atoms with E-state index in [1.165, 1.54) is 11.3 Å². The summed E-state index contributed by atoms with van der Waals surface area (Å²) in [5, 5.41) is 8.58. The Hall–Kier alpha value is -2.30. The predicted molar refractivity (Wildman–Crippen MR) is 98.8 cm³/mol. The first-order valence-corrected chi connectivity index (χ1v) is 9.19. The molecule has 26 heavy (non-hydrogen) atoms. The third-order valence-electron chi connectivity index (χ3n) is 4.08. The summed E-state index contributed by atoms with van der Waals surface area (Å²) in [6, 6.07) is 0. The number of halogens is 1. The van der Waals surface area contributed by atoms with Crippen LogP contribution in [0.3, 0.4) is 0 Å². The molecule has 1 fully saturated rings. The van der Waals surface area contributed by atoms with Crippen LogP contribution in [0.15, 0.2) is 6.20 Å². The number of anilines is 1. The summed E-state index contributed by atoms with van der Waals surface area (Å²) in [7, 11) is 3.29. The molecular formula is C15H16ClN7O2S. The zero-order chi connectivity index (χ0) is 18.3. The molecule has 0 atom stereocenters. The van der Waals surface area contributed by atoms with Crippen LogP contribution in [0.2, 0.25) is 5.15 Å². The van der Waals surface area contributed by atoms with Gasteiger partial charge in [-0.15, -0.1) is 0 Å². The van der Waals surface area contributed by atoms with Gasteiger partial charge in [-0.05, 0) is 0 Å². The van der Waals surface area contributed by atoms with Crippen LogP contribution in [-0.2, 0) is 11.8 Å². The first kappa shape index (κ1) is 17.1. The molecule has 1 saturated heterocycles. The number of aryl methyl sites for hydroxylation is 1. The van der Waals surface area contributed by atoms with Gasteiger partial charge in [-0.3, -0.25) is 4.79 Å². The molecule has 0 spiro atoms. The quantitative estimate of drug-likeness (QED) is 0.716. The molecule has 0 radical (unpaired) electrons. The van der Waals surface area contributed by atoms with Crippen LogP contribution >= 0.6 is 22.9 Å². The van der Waals surface area contributed by atoms with Gasteiger partial charge < -0.3 is 15.0 Å². The maximum Gasteiger partial charge on any atom is 0.272 e. The van der Waals surface area contributed by atoms with Crippen LogP contribution in [0.1, 0.15) is 10.5 Å². The Balaban J connectivity index is 1.74. The molecule has 0 unspecified atom stereocenters. The van der Waals surface area contributed by atoms with E-state index in [0.29, 0.717) is 45.8 Å². The number of rotatable bonds is 3. The van der Waals surface area contributed by atoms with E-state index in [1.807, 2.05) is 0 Å². The SMILES string of the molecule is CNC(=O)c1nn(C)c2nc(-c3sc(N4CCOCC4)nc3Cl)ncc12. The van der Waals surface area contributed by atoms with Crippen LogP contribution in [0.5, 0.6) is 0 Å². The highest BCUT2D eigenvalue weighted by atomic mass is 35.5. The molecule has 136 valence electrons. The standard InChI is InChI=1S/C15H16ClN7O2S/c1-17-14(24)9-8-7-18-12(20-13(8)22(2)21-9)10-11(16)19-15(26-10)23-3-5-25-6-4-23/h7H,3-6H2,1-2H3,(H,17,24). The van der Waals surface area contributed by atoms with Gasteiger partial charge in [-0.25, -0.2) is 19.6 Å². The summed E-state index contributed by atoms with van der Waals surface area (Å²) in [5.74, 6) is 0.184. The van der Waals surface area contributed by atoms with E-state index in [9.17, 15) is 4.79 Å². The monoisotopic (exact) mass is 393 g/mol. The van der Waals surface area contributed by atoms with Crippen molar-refractivity contribution < 1.29 is 9.53 Å². The zero-order valence-electron chi connectivity index (χ0n) is 14.2. The number of hydrogen-bond acceptors (Lipinski definition) is 8. The number of thiazole rings is 1. The number of aromatic nitrogens is 5. The lowest BCUT2D eigenvalue weighted by Gasteiger charge is -2.25. The van der Waals surface area contributed by atoms with Crippen molar-refractivity contribution in [2.24, 2.45) is 7.05 Å². The van der Waals surface area contributed by atoms with Crippen molar-refractivity contribution in [3.8, 4) is 10.7 Å². The highest BCUT2D eigenvalue weighted by molar-refractivity contribution is 7.19. The van der Waals surface area contributed by atoms with Gasteiger partial charge in [0.25, 0.3) is 5.91 Å². The number of carbonyl (C=O) groups is 1. The number of amides is 1. The largest absolute Gasteiger partial charge is 0.378 e. The summed E-state index contributed by atoms with van der Waals surface area (Å²) in [6.07, 6.45) is 1.60. The Labute approximate surface area is 158 Å². The molecule has 3 aromatic heterocycles. The molecule has 3 aromatic rings. The number of nitrogens with one attached hydrogen (secondary N) is 1. The molecule has 4 rings (SSSR count). The summed E-state index contributed by atoms with van der Waals surface area (Å²) < 4.78 is 6.93. The van der Waals surface area contributed by atoms with Crippen LogP contribution in [0.4, 0.5) is 5.13 Å². The van der Waals surface area contributed by atoms with Gasteiger partial charge in [-0.1, -0.05) is 22.9 Å². The molecule has 1 amide bonds. The lowest BCUT2D eigenvalue weighted by atomic mass is 10.3. The van der Waals surface area contributed by atoms with Crippen molar-refractivity contribution in [2.75, 3.05) is 38.3 Å². The molecule has 0 bridgehead atoms. The van der Waals surface area contributed by atoms with Crippen molar-refractivity contribution in [2.45, 2.75) is 0 Å². The Kier molecular flexibility index (Phi) is 4.47. The number of fused-ring (bicyclic) bond motifs is 1. The Morgan fingerprint density at radius 3 is 2.85 bits per heavy atom. The highest BCUT2D eigenvalue weighted by Gasteiger charge is 2.22. The molecule has 0 aromatic carbocycles. The number of hydrogen-bond donors (Lipinski definition) is 1. The second kappa shape index (κ2) is 6.78. The van der Waals surface area contributed by atoms with Crippen LogP contribution in [-0.4, -0.2) is 64.0 Å². The molecule has 11 heteroatoms. The molecule has 1 aliphatic heterocycles. The van der Waals surface area contributed by atoms with Gasteiger partial charge in [0, 0.05) is 33.4 Å². The van der Waals surface area contributed by atoms with Crippen LogP contribution in [0.25, 0.3) is 21.7 Å². The van der Waals surface area contributed by atoms with Gasteiger partial charge >= 0.3 is 0 Å². The van der Waals surface area contributed by atoms with E-state index in [4.69, 9.17) is 16.3 Å². The minimum Gasteiger partial charge on any atom is -0.378 e. The zero-order valence-corrected chi connectivity index (χ0v) is 15.8. The second-order valence-electron chi connectivity index (χ2n) is 5.70. The number of nitrogens with zero attached hydrogens (tertiary/aromatic N) is 6. The predicted octanol–water partition coefficient (Wildman–Crippen LogP) is 1.34. The fourth-order valence-corrected chi connectivity index (χ4v) is 4.03. The summed E-state index contributed by atoms with van der Waals surface area (Å²) in [4.78, 5) is 28.2. The third-order valence-corrected chi connectivity index (χ3v) is 5.58. The van der Waals surface area contributed by atoms with E-state index >= 15 is 0 Å². The van der Waals surface area contributed by atoms with Crippen LogP contribution < -0.4 is 10.2 Å². The Morgan fingerprint density at radius 1 is 1.35 bits per heavy atom. The van der Waals surface area contributed by atoms with Crippen molar-refractivity contribution in [1.82, 2.24) is 30.0 Å². The van der Waals surface area contributed by atoms with Gasteiger partial charge in [0.2, 0.25) is 0 Å². The molecule has 4 heterocycles. The van der Waals surface area contributed by atoms with Gasteiger partial charge in [-0.2, -0.15) is 5.10 Å². The first-order valence-electron chi connectivity index (χ1n) is 7.99. The topological polar surface area (TPSA) is 98.1 Å². The summed E-state index contributed by atoms with van der Waals surface area (Å²) in [5.41, 5.74) is 0.854. The molecule has 0 saturated carbocycles. The molecule has 1 N–H and O–H groups in total. The molecular weight excluding hydrogens is 378 g/mol. The highest BCUT2D eigenvalue weighted by Crippen LogP contribution is 2.36. The van der Waals surface area contributed by atoms with E-state index in [-0.39, 0.29) is 5.91 Å². The molecule has 0 aliphatic carbocycles. The maximum atomic E-state index is 11.9.